The number of fused-ring (bicyclic) bond motifs is 1. The fourth-order valence-corrected chi connectivity index (χ4v) is 4.04. The minimum absolute atomic E-state index is 0.115. The predicted octanol–water partition coefficient (Wildman–Crippen LogP) is 0.135. The zero-order valence-corrected chi connectivity index (χ0v) is 18.6. The molecule has 1 aliphatic heterocycles. The van der Waals surface area contributed by atoms with Gasteiger partial charge in [-0.2, -0.15) is 0 Å². The molecule has 1 aliphatic rings. The van der Waals surface area contributed by atoms with Crippen molar-refractivity contribution >= 4 is 22.9 Å². The Morgan fingerprint density at radius 3 is 2.41 bits per heavy atom. The Hall–Kier alpha value is -3.47. The van der Waals surface area contributed by atoms with Gasteiger partial charge in [0, 0.05) is 40.3 Å². The van der Waals surface area contributed by atoms with Crippen molar-refractivity contribution in [3.05, 3.63) is 50.8 Å². The van der Waals surface area contributed by atoms with Crippen LogP contribution in [0.2, 0.25) is 0 Å². The molecule has 11 heteroatoms. The van der Waals surface area contributed by atoms with Crippen LogP contribution in [0.15, 0.2) is 32.4 Å². The van der Waals surface area contributed by atoms with Gasteiger partial charge in [0.2, 0.25) is 0 Å². The van der Waals surface area contributed by atoms with Crippen LogP contribution in [0.4, 0.5) is 0 Å². The maximum Gasteiger partial charge on any atom is 0.332 e. The summed E-state index contributed by atoms with van der Waals surface area (Å²) in [5.41, 5.74) is -0.463. The van der Waals surface area contributed by atoms with E-state index >= 15 is 0 Å². The molecule has 1 unspecified atom stereocenters. The van der Waals surface area contributed by atoms with Gasteiger partial charge in [-0.3, -0.25) is 28.4 Å². The highest BCUT2D eigenvalue weighted by molar-refractivity contribution is 5.91. The van der Waals surface area contributed by atoms with Crippen LogP contribution in [0.1, 0.15) is 36.3 Å². The van der Waals surface area contributed by atoms with Crippen LogP contribution < -0.4 is 11.2 Å². The van der Waals surface area contributed by atoms with Crippen molar-refractivity contribution in [1.82, 2.24) is 28.5 Å². The quantitative estimate of drug-likeness (QED) is 0.552. The fraction of sp³-hybridized carbons (Fsp3) is 0.476. The molecule has 1 amide bonds. The van der Waals surface area contributed by atoms with Gasteiger partial charge in [0.05, 0.1) is 18.8 Å². The molecule has 4 rings (SSSR count). The average Bonchev–Trinajstić information content (AvgIpc) is 3.44. The molecule has 32 heavy (non-hydrogen) atoms. The van der Waals surface area contributed by atoms with Crippen molar-refractivity contribution in [3.63, 3.8) is 0 Å². The zero-order valence-electron chi connectivity index (χ0n) is 18.6. The molecule has 170 valence electrons. The smallest absolute Gasteiger partial charge is 0.332 e. The molecule has 11 nitrogen and oxygen atoms in total. The number of piperazine rings is 1. The van der Waals surface area contributed by atoms with Crippen molar-refractivity contribution in [1.29, 1.82) is 0 Å². The summed E-state index contributed by atoms with van der Waals surface area (Å²) in [7, 11) is 2.97. The van der Waals surface area contributed by atoms with Gasteiger partial charge in [-0.15, -0.1) is 0 Å². The molecule has 0 N–H and O–H groups in total. The number of carbonyl (C=O) groups excluding carboxylic acids is 2. The van der Waals surface area contributed by atoms with Crippen LogP contribution in [0.5, 0.6) is 0 Å². The predicted molar refractivity (Wildman–Crippen MR) is 115 cm³/mol. The number of imidazole rings is 1. The van der Waals surface area contributed by atoms with Crippen LogP contribution >= 0.6 is 0 Å². The lowest BCUT2D eigenvalue weighted by Gasteiger charge is -2.34. The third-order valence-electron chi connectivity index (χ3n) is 6.10. The molecule has 0 aromatic carbocycles. The molecule has 1 saturated heterocycles. The number of aryl methyl sites for hydroxylation is 1. The minimum atomic E-state index is -0.609. The molecule has 1 fully saturated rings. The Balaban J connectivity index is 1.64. The largest absolute Gasteiger partial charge is 0.459 e. The Morgan fingerprint density at radius 2 is 1.81 bits per heavy atom. The molecular formula is C21H26N6O5. The van der Waals surface area contributed by atoms with Crippen LogP contribution in [-0.4, -0.2) is 66.4 Å². The standard InChI is InChI=1S/C21H26N6O5/c1-13(14(2)28)27-16(22-18-17(27)20(30)24(4)21(31)23(18)3)12-25-7-9-26(10-8-25)19(29)15-6-5-11-32-15/h5-6,11,13H,7-10,12H2,1-4H3. The molecular weight excluding hydrogens is 416 g/mol. The maximum absolute atomic E-state index is 12.9. The first-order chi connectivity index (χ1) is 15.2. The summed E-state index contributed by atoms with van der Waals surface area (Å²) in [6.45, 7) is 5.79. The van der Waals surface area contributed by atoms with Crippen LogP contribution in [0.3, 0.4) is 0 Å². The lowest BCUT2D eigenvalue weighted by atomic mass is 10.2. The van der Waals surface area contributed by atoms with E-state index in [-0.39, 0.29) is 22.9 Å². The van der Waals surface area contributed by atoms with Crippen molar-refractivity contribution in [2.24, 2.45) is 14.1 Å². The molecule has 3 aromatic rings. The summed E-state index contributed by atoms with van der Waals surface area (Å²) in [5, 5.41) is 0. The number of carbonyl (C=O) groups is 2. The summed E-state index contributed by atoms with van der Waals surface area (Å²) in [4.78, 5) is 58.4. The molecule has 0 spiro atoms. The number of amides is 1. The van der Waals surface area contributed by atoms with E-state index in [1.165, 1.54) is 24.8 Å². The fourth-order valence-electron chi connectivity index (χ4n) is 4.04. The normalized spacial score (nSPS) is 15.9. The van der Waals surface area contributed by atoms with Crippen LogP contribution in [0.25, 0.3) is 11.2 Å². The minimum Gasteiger partial charge on any atom is -0.459 e. The van der Waals surface area contributed by atoms with Crippen LogP contribution in [-0.2, 0) is 25.4 Å². The average molecular weight is 442 g/mol. The second kappa shape index (κ2) is 8.23. The molecule has 4 heterocycles. The lowest BCUT2D eigenvalue weighted by Crippen LogP contribution is -2.48. The number of furan rings is 1. The lowest BCUT2D eigenvalue weighted by molar-refractivity contribution is -0.119. The molecule has 0 aliphatic carbocycles. The van der Waals surface area contributed by atoms with E-state index in [9.17, 15) is 19.2 Å². The topological polar surface area (TPSA) is 116 Å². The second-order valence-electron chi connectivity index (χ2n) is 8.11. The zero-order chi connectivity index (χ0) is 23.2. The number of Topliss-reactive ketones (excluding diaryl/α,β-unsaturated/α-hetero) is 1. The third kappa shape index (κ3) is 3.58. The number of nitrogens with zero attached hydrogens (tertiary/aromatic N) is 6. The summed E-state index contributed by atoms with van der Waals surface area (Å²) >= 11 is 0. The Kier molecular flexibility index (Phi) is 5.59. The summed E-state index contributed by atoms with van der Waals surface area (Å²) in [5.74, 6) is 0.583. The second-order valence-corrected chi connectivity index (χ2v) is 8.11. The first-order valence-corrected chi connectivity index (χ1v) is 10.4. The molecule has 0 radical (unpaired) electrons. The van der Waals surface area contributed by atoms with E-state index in [0.717, 1.165) is 4.57 Å². The number of aromatic nitrogens is 4. The Labute approximate surface area is 183 Å². The van der Waals surface area contributed by atoms with Gasteiger partial charge >= 0.3 is 5.69 Å². The van der Waals surface area contributed by atoms with E-state index in [1.54, 1.807) is 35.6 Å². The Bertz CT molecular complexity index is 1290. The number of hydrogen-bond donors (Lipinski definition) is 0. The highest BCUT2D eigenvalue weighted by Gasteiger charge is 2.28. The summed E-state index contributed by atoms with van der Waals surface area (Å²) in [6, 6.07) is 2.72. The van der Waals surface area contributed by atoms with E-state index in [1.807, 2.05) is 0 Å². The highest BCUT2D eigenvalue weighted by atomic mass is 16.3. The maximum atomic E-state index is 12.9. The monoisotopic (exact) mass is 442 g/mol. The van der Waals surface area contributed by atoms with E-state index < -0.39 is 17.3 Å². The van der Waals surface area contributed by atoms with Gasteiger partial charge < -0.3 is 13.9 Å². The third-order valence-corrected chi connectivity index (χ3v) is 6.10. The summed E-state index contributed by atoms with van der Waals surface area (Å²) < 4.78 is 9.19. The van der Waals surface area contributed by atoms with E-state index in [2.05, 4.69) is 9.88 Å². The Morgan fingerprint density at radius 1 is 1.12 bits per heavy atom. The number of rotatable bonds is 5. The first kappa shape index (κ1) is 21.8. The van der Waals surface area contributed by atoms with E-state index in [4.69, 9.17) is 4.42 Å². The molecule has 0 bridgehead atoms. The molecule has 3 aromatic heterocycles. The van der Waals surface area contributed by atoms with Gasteiger partial charge in [0.1, 0.15) is 5.82 Å². The molecule has 0 saturated carbocycles. The van der Waals surface area contributed by atoms with Crippen molar-refractivity contribution in [3.8, 4) is 0 Å². The number of hydrogen-bond acceptors (Lipinski definition) is 7. The molecule has 1 atom stereocenters. The van der Waals surface area contributed by atoms with Gasteiger partial charge in [0.15, 0.2) is 22.7 Å². The van der Waals surface area contributed by atoms with Gasteiger partial charge in [-0.25, -0.2) is 9.78 Å². The van der Waals surface area contributed by atoms with Gasteiger partial charge in [-0.1, -0.05) is 0 Å². The van der Waals surface area contributed by atoms with Crippen molar-refractivity contribution < 1.29 is 14.0 Å². The first-order valence-electron chi connectivity index (χ1n) is 10.4. The van der Waals surface area contributed by atoms with Gasteiger partial charge in [-0.05, 0) is 26.0 Å². The van der Waals surface area contributed by atoms with Gasteiger partial charge in [0.25, 0.3) is 11.5 Å². The summed E-state index contributed by atoms with van der Waals surface area (Å²) in [6.07, 6.45) is 1.47. The van der Waals surface area contributed by atoms with Crippen molar-refractivity contribution in [2.45, 2.75) is 26.4 Å². The SMILES string of the molecule is CC(=O)C(C)n1c(CN2CCN(C(=O)c3ccco3)CC2)nc2c1c(=O)n(C)c(=O)n2C. The number of ketones is 1. The van der Waals surface area contributed by atoms with Crippen molar-refractivity contribution in [2.75, 3.05) is 26.2 Å². The highest BCUT2D eigenvalue weighted by Crippen LogP contribution is 2.21. The van der Waals surface area contributed by atoms with Crippen LogP contribution in [0, 0.1) is 0 Å². The van der Waals surface area contributed by atoms with E-state index in [0.29, 0.717) is 44.3 Å².